The summed E-state index contributed by atoms with van der Waals surface area (Å²) in [6, 6.07) is 22.1. The van der Waals surface area contributed by atoms with E-state index in [4.69, 9.17) is 25.8 Å². The van der Waals surface area contributed by atoms with E-state index in [2.05, 4.69) is 10.6 Å². The van der Waals surface area contributed by atoms with Gasteiger partial charge in [0.05, 0.1) is 18.7 Å². The maximum absolute atomic E-state index is 12.1. The zero-order valence-corrected chi connectivity index (χ0v) is 17.3. The number of halogens is 1. The minimum Gasteiger partial charge on any atom is -0.495 e. The van der Waals surface area contributed by atoms with E-state index in [9.17, 15) is 4.79 Å². The Morgan fingerprint density at radius 1 is 0.867 bits per heavy atom. The molecule has 0 unspecified atom stereocenters. The molecule has 0 bridgehead atoms. The van der Waals surface area contributed by atoms with E-state index in [1.807, 2.05) is 54.6 Å². The molecule has 6 nitrogen and oxygen atoms in total. The standard InChI is InChI=1S/C23H23ClN2O4/c1-28-22-12-9-18(15-21(22)24)26-23(27)16-25-17-7-10-20(11-8-17)30-14-13-29-19-5-3-2-4-6-19/h2-12,15,25H,13-14,16H2,1H3,(H,26,27). The monoisotopic (exact) mass is 426 g/mol. The molecule has 0 aliphatic carbocycles. The predicted octanol–water partition coefficient (Wildman–Crippen LogP) is 4.86. The van der Waals surface area contributed by atoms with Gasteiger partial charge in [-0.1, -0.05) is 29.8 Å². The van der Waals surface area contributed by atoms with Crippen molar-refractivity contribution in [3.05, 3.63) is 77.8 Å². The minimum absolute atomic E-state index is 0.120. The summed E-state index contributed by atoms with van der Waals surface area (Å²) in [4.78, 5) is 12.1. The van der Waals surface area contributed by atoms with Crippen molar-refractivity contribution in [3.8, 4) is 17.2 Å². The number of hydrogen-bond donors (Lipinski definition) is 2. The summed E-state index contributed by atoms with van der Waals surface area (Å²) in [5, 5.41) is 6.29. The Morgan fingerprint density at radius 3 is 2.13 bits per heavy atom. The summed E-state index contributed by atoms with van der Waals surface area (Å²) in [6.45, 7) is 1.02. The number of benzene rings is 3. The third-order valence-corrected chi connectivity index (χ3v) is 4.40. The second-order valence-electron chi connectivity index (χ2n) is 6.29. The van der Waals surface area contributed by atoms with E-state index in [1.54, 1.807) is 18.2 Å². The van der Waals surface area contributed by atoms with Gasteiger partial charge in [-0.15, -0.1) is 0 Å². The normalized spacial score (nSPS) is 10.2. The zero-order chi connectivity index (χ0) is 21.2. The third-order valence-electron chi connectivity index (χ3n) is 4.11. The van der Waals surface area contributed by atoms with Gasteiger partial charge < -0.3 is 24.8 Å². The summed E-state index contributed by atoms with van der Waals surface area (Å²) in [5.74, 6) is 1.92. The van der Waals surface area contributed by atoms with Crippen LogP contribution in [0.2, 0.25) is 5.02 Å². The van der Waals surface area contributed by atoms with Crippen LogP contribution >= 0.6 is 11.6 Å². The highest BCUT2D eigenvalue weighted by molar-refractivity contribution is 6.32. The molecule has 0 aliphatic rings. The number of para-hydroxylation sites is 1. The first-order valence-corrected chi connectivity index (χ1v) is 9.80. The average molecular weight is 427 g/mol. The van der Waals surface area contributed by atoms with Crippen LogP contribution < -0.4 is 24.8 Å². The van der Waals surface area contributed by atoms with Crippen LogP contribution in [0.5, 0.6) is 17.2 Å². The number of carbonyl (C=O) groups is 1. The summed E-state index contributed by atoms with van der Waals surface area (Å²) < 4.78 is 16.3. The van der Waals surface area contributed by atoms with Crippen molar-refractivity contribution in [2.24, 2.45) is 0 Å². The lowest BCUT2D eigenvalue weighted by Gasteiger charge is -2.11. The molecule has 1 amide bonds. The van der Waals surface area contributed by atoms with Crippen LogP contribution in [0.3, 0.4) is 0 Å². The number of methoxy groups -OCH3 is 1. The Bertz CT molecular complexity index is 949. The molecule has 0 aromatic heterocycles. The van der Waals surface area contributed by atoms with Crippen molar-refractivity contribution in [2.75, 3.05) is 37.5 Å². The topological polar surface area (TPSA) is 68.8 Å². The molecule has 0 aliphatic heterocycles. The highest BCUT2D eigenvalue weighted by Gasteiger charge is 2.06. The molecule has 0 fully saturated rings. The maximum Gasteiger partial charge on any atom is 0.243 e. The van der Waals surface area contributed by atoms with Crippen molar-refractivity contribution in [1.29, 1.82) is 0 Å². The van der Waals surface area contributed by atoms with E-state index >= 15 is 0 Å². The lowest BCUT2D eigenvalue weighted by Crippen LogP contribution is -2.21. The van der Waals surface area contributed by atoms with Gasteiger partial charge in [0, 0.05) is 11.4 Å². The van der Waals surface area contributed by atoms with Crippen LogP contribution in [0.1, 0.15) is 0 Å². The Kier molecular flexibility index (Phi) is 7.80. The van der Waals surface area contributed by atoms with Gasteiger partial charge in [0.15, 0.2) is 0 Å². The predicted molar refractivity (Wildman–Crippen MR) is 119 cm³/mol. The lowest BCUT2D eigenvalue weighted by atomic mass is 10.3. The van der Waals surface area contributed by atoms with Crippen LogP contribution in [-0.2, 0) is 4.79 Å². The first-order valence-electron chi connectivity index (χ1n) is 9.42. The Hall–Kier alpha value is -3.38. The molecule has 0 spiro atoms. The van der Waals surface area contributed by atoms with Crippen LogP contribution in [-0.4, -0.2) is 32.8 Å². The van der Waals surface area contributed by atoms with Crippen LogP contribution in [0.4, 0.5) is 11.4 Å². The van der Waals surface area contributed by atoms with Crippen LogP contribution in [0, 0.1) is 0 Å². The fraction of sp³-hybridized carbons (Fsp3) is 0.174. The molecule has 0 atom stereocenters. The molecule has 0 saturated carbocycles. The van der Waals surface area contributed by atoms with Gasteiger partial charge in [0.25, 0.3) is 0 Å². The molecule has 0 heterocycles. The van der Waals surface area contributed by atoms with Crippen molar-refractivity contribution >= 4 is 28.9 Å². The molecule has 30 heavy (non-hydrogen) atoms. The van der Waals surface area contributed by atoms with E-state index in [-0.39, 0.29) is 12.5 Å². The first-order chi connectivity index (χ1) is 14.6. The second-order valence-corrected chi connectivity index (χ2v) is 6.69. The van der Waals surface area contributed by atoms with Crippen LogP contribution in [0.15, 0.2) is 72.8 Å². The largest absolute Gasteiger partial charge is 0.495 e. The van der Waals surface area contributed by atoms with Gasteiger partial charge in [-0.3, -0.25) is 4.79 Å². The van der Waals surface area contributed by atoms with Crippen molar-refractivity contribution in [2.45, 2.75) is 0 Å². The Morgan fingerprint density at radius 2 is 1.50 bits per heavy atom. The minimum atomic E-state index is -0.186. The molecule has 0 saturated heterocycles. The SMILES string of the molecule is COc1ccc(NC(=O)CNc2ccc(OCCOc3ccccc3)cc2)cc1Cl. The Labute approximate surface area is 180 Å². The number of carbonyl (C=O) groups excluding carboxylic acids is 1. The van der Waals surface area contributed by atoms with Gasteiger partial charge in [-0.25, -0.2) is 0 Å². The third kappa shape index (κ3) is 6.60. The fourth-order valence-corrected chi connectivity index (χ4v) is 2.89. The summed E-state index contributed by atoms with van der Waals surface area (Å²) in [6.07, 6.45) is 0. The second kappa shape index (κ2) is 11.0. The summed E-state index contributed by atoms with van der Waals surface area (Å²) >= 11 is 6.07. The van der Waals surface area contributed by atoms with E-state index in [0.29, 0.717) is 29.7 Å². The van der Waals surface area contributed by atoms with Gasteiger partial charge in [0.1, 0.15) is 30.5 Å². The molecular weight excluding hydrogens is 404 g/mol. The molecule has 2 N–H and O–H groups in total. The highest BCUT2D eigenvalue weighted by atomic mass is 35.5. The Balaban J connectivity index is 1.38. The lowest BCUT2D eigenvalue weighted by molar-refractivity contribution is -0.114. The van der Waals surface area contributed by atoms with Crippen LogP contribution in [0.25, 0.3) is 0 Å². The molecule has 3 aromatic rings. The fourth-order valence-electron chi connectivity index (χ4n) is 2.64. The summed E-state index contributed by atoms with van der Waals surface area (Å²) in [7, 11) is 1.54. The van der Waals surface area contributed by atoms with Gasteiger partial charge in [-0.2, -0.15) is 0 Å². The van der Waals surface area contributed by atoms with Gasteiger partial charge in [0.2, 0.25) is 5.91 Å². The number of hydrogen-bond acceptors (Lipinski definition) is 5. The van der Waals surface area contributed by atoms with Crippen molar-refractivity contribution < 1.29 is 19.0 Å². The highest BCUT2D eigenvalue weighted by Crippen LogP contribution is 2.27. The zero-order valence-electron chi connectivity index (χ0n) is 16.6. The molecule has 3 rings (SSSR count). The maximum atomic E-state index is 12.1. The summed E-state index contributed by atoms with van der Waals surface area (Å²) in [5.41, 5.74) is 1.42. The smallest absolute Gasteiger partial charge is 0.243 e. The number of ether oxygens (including phenoxy) is 3. The molecular formula is C23H23ClN2O4. The number of rotatable bonds is 10. The molecule has 7 heteroatoms. The molecule has 3 aromatic carbocycles. The van der Waals surface area contributed by atoms with E-state index in [0.717, 1.165) is 17.2 Å². The van der Waals surface area contributed by atoms with E-state index in [1.165, 1.54) is 7.11 Å². The number of anilines is 2. The molecule has 156 valence electrons. The van der Waals surface area contributed by atoms with Crippen molar-refractivity contribution in [1.82, 2.24) is 0 Å². The van der Waals surface area contributed by atoms with Gasteiger partial charge >= 0.3 is 0 Å². The molecule has 0 radical (unpaired) electrons. The van der Waals surface area contributed by atoms with Crippen molar-refractivity contribution in [3.63, 3.8) is 0 Å². The number of nitrogens with one attached hydrogen (secondary N) is 2. The van der Waals surface area contributed by atoms with Gasteiger partial charge in [-0.05, 0) is 54.6 Å². The number of amides is 1. The quantitative estimate of drug-likeness (QED) is 0.453. The first kappa shape index (κ1) is 21.3. The van der Waals surface area contributed by atoms with E-state index < -0.39 is 0 Å². The average Bonchev–Trinajstić information content (AvgIpc) is 2.77.